The summed E-state index contributed by atoms with van der Waals surface area (Å²) in [5.41, 5.74) is -0.828. The van der Waals surface area contributed by atoms with Gasteiger partial charge in [0, 0.05) is 42.9 Å². The number of alkyl halides is 3. The Morgan fingerprint density at radius 3 is 2.59 bits per heavy atom. The minimum Gasteiger partial charge on any atom is -0.356 e. The Kier molecular flexibility index (Phi) is 5.64. The van der Waals surface area contributed by atoms with Gasteiger partial charge in [-0.2, -0.15) is 13.2 Å². The van der Waals surface area contributed by atoms with Crippen molar-refractivity contribution in [2.45, 2.75) is 31.0 Å². The largest absolute Gasteiger partial charge is 0.434 e. The molecule has 1 aliphatic rings. The molecule has 146 valence electrons. The highest BCUT2D eigenvalue weighted by atomic mass is 32.1. The van der Waals surface area contributed by atoms with Gasteiger partial charge in [0.05, 0.1) is 5.01 Å². The fraction of sp³-hybridized carbons (Fsp3) is 0.412. The smallest absolute Gasteiger partial charge is 0.356 e. The summed E-state index contributed by atoms with van der Waals surface area (Å²) in [4.78, 5) is 7.59. The molecule has 1 fully saturated rings. The van der Waals surface area contributed by atoms with Gasteiger partial charge < -0.3 is 10.6 Å². The molecule has 4 nitrogen and oxygen atoms in total. The second-order valence-electron chi connectivity index (χ2n) is 6.10. The number of rotatable bonds is 5. The first-order chi connectivity index (χ1) is 12.8. The second kappa shape index (κ2) is 7.79. The molecule has 1 saturated carbocycles. The molecule has 1 aromatic heterocycles. The lowest BCUT2D eigenvalue weighted by atomic mass is 10.1. The lowest BCUT2D eigenvalue weighted by molar-refractivity contribution is -0.140. The van der Waals surface area contributed by atoms with Gasteiger partial charge in [-0.1, -0.05) is 6.07 Å². The van der Waals surface area contributed by atoms with E-state index in [-0.39, 0.29) is 17.5 Å². The van der Waals surface area contributed by atoms with Gasteiger partial charge in [0.25, 0.3) is 0 Å². The van der Waals surface area contributed by atoms with Gasteiger partial charge in [-0.25, -0.2) is 13.8 Å². The van der Waals surface area contributed by atoms with Crippen LogP contribution in [0.5, 0.6) is 0 Å². The van der Waals surface area contributed by atoms with E-state index in [4.69, 9.17) is 0 Å². The van der Waals surface area contributed by atoms with Crippen molar-refractivity contribution in [3.8, 4) is 0 Å². The number of nitrogens with one attached hydrogen (secondary N) is 2. The monoisotopic (exact) mass is 404 g/mol. The first kappa shape index (κ1) is 19.5. The summed E-state index contributed by atoms with van der Waals surface area (Å²) < 4.78 is 65.2. The summed E-state index contributed by atoms with van der Waals surface area (Å²) in [6.07, 6.45) is -3.57. The first-order valence-electron chi connectivity index (χ1n) is 8.22. The third-order valence-electron chi connectivity index (χ3n) is 4.18. The third kappa shape index (κ3) is 4.74. The van der Waals surface area contributed by atoms with E-state index >= 15 is 0 Å². The Morgan fingerprint density at radius 1 is 1.30 bits per heavy atom. The molecule has 2 unspecified atom stereocenters. The summed E-state index contributed by atoms with van der Waals surface area (Å²) in [5, 5.41) is 7.39. The van der Waals surface area contributed by atoms with Crippen molar-refractivity contribution in [3.63, 3.8) is 0 Å². The first-order valence-corrected chi connectivity index (χ1v) is 9.10. The van der Waals surface area contributed by atoms with Crippen LogP contribution < -0.4 is 10.6 Å². The molecule has 3 rings (SSSR count). The molecule has 0 bridgehead atoms. The molecule has 1 aliphatic carbocycles. The zero-order valence-electron chi connectivity index (χ0n) is 14.3. The predicted octanol–water partition coefficient (Wildman–Crippen LogP) is 3.70. The molecule has 0 spiro atoms. The molecule has 2 aromatic rings. The lowest BCUT2D eigenvalue weighted by Gasteiger charge is -2.11. The highest BCUT2D eigenvalue weighted by Crippen LogP contribution is 2.43. The maximum absolute atomic E-state index is 13.8. The van der Waals surface area contributed by atoms with Crippen molar-refractivity contribution in [2.24, 2.45) is 4.99 Å². The van der Waals surface area contributed by atoms with E-state index in [0.717, 1.165) is 16.7 Å². The molecule has 2 atom stereocenters. The standard InChI is InChI=1S/C17H17F5N4S/c1-23-16(24-6-5-14-26-13(8-27-14)17(20,21)22)25-12-7-9(12)15-10(18)3-2-4-11(15)19/h2-4,8-9,12H,5-7H2,1H3,(H2,23,24,25). The van der Waals surface area contributed by atoms with Crippen LogP contribution in [0.2, 0.25) is 0 Å². The van der Waals surface area contributed by atoms with Gasteiger partial charge in [0.1, 0.15) is 11.6 Å². The van der Waals surface area contributed by atoms with Gasteiger partial charge in [-0.15, -0.1) is 11.3 Å². The van der Waals surface area contributed by atoms with Crippen LogP contribution in [0.4, 0.5) is 22.0 Å². The van der Waals surface area contributed by atoms with Gasteiger partial charge in [0.2, 0.25) is 0 Å². The number of aliphatic imine (C=N–C) groups is 1. The van der Waals surface area contributed by atoms with Crippen molar-refractivity contribution in [1.29, 1.82) is 0 Å². The number of thiazole rings is 1. The number of guanidine groups is 1. The highest BCUT2D eigenvalue weighted by molar-refractivity contribution is 7.09. The number of hydrogen-bond donors (Lipinski definition) is 2. The van der Waals surface area contributed by atoms with Crippen LogP contribution in [0.3, 0.4) is 0 Å². The summed E-state index contributed by atoms with van der Waals surface area (Å²) in [7, 11) is 1.54. The van der Waals surface area contributed by atoms with Gasteiger partial charge in [-0.3, -0.25) is 4.99 Å². The summed E-state index contributed by atoms with van der Waals surface area (Å²) >= 11 is 0.948. The number of hydrogen-bond acceptors (Lipinski definition) is 3. The van der Waals surface area contributed by atoms with Crippen molar-refractivity contribution >= 4 is 17.3 Å². The Labute approximate surface area is 156 Å². The van der Waals surface area contributed by atoms with Crippen molar-refractivity contribution < 1.29 is 22.0 Å². The fourth-order valence-corrected chi connectivity index (χ4v) is 3.56. The fourth-order valence-electron chi connectivity index (χ4n) is 2.75. The normalized spacial score (nSPS) is 19.9. The van der Waals surface area contributed by atoms with Crippen LogP contribution >= 0.6 is 11.3 Å². The maximum atomic E-state index is 13.8. The topological polar surface area (TPSA) is 49.3 Å². The molecular formula is C17H17F5N4S. The van der Waals surface area contributed by atoms with E-state index in [9.17, 15) is 22.0 Å². The molecule has 0 saturated heterocycles. The molecular weight excluding hydrogens is 387 g/mol. The molecule has 10 heteroatoms. The third-order valence-corrected chi connectivity index (χ3v) is 5.09. The van der Waals surface area contributed by atoms with E-state index in [0.29, 0.717) is 30.4 Å². The average Bonchev–Trinajstić information content (AvgIpc) is 3.15. The second-order valence-corrected chi connectivity index (χ2v) is 7.04. The summed E-state index contributed by atoms with van der Waals surface area (Å²) in [6, 6.07) is 3.62. The number of nitrogens with zero attached hydrogens (tertiary/aromatic N) is 2. The van der Waals surface area contributed by atoms with Crippen molar-refractivity contribution in [1.82, 2.24) is 15.6 Å². The zero-order chi connectivity index (χ0) is 19.6. The molecule has 0 radical (unpaired) electrons. The van der Waals surface area contributed by atoms with Gasteiger partial charge >= 0.3 is 6.18 Å². The number of benzene rings is 1. The zero-order valence-corrected chi connectivity index (χ0v) is 15.1. The Morgan fingerprint density at radius 2 is 2.00 bits per heavy atom. The molecule has 1 aromatic carbocycles. The van der Waals surface area contributed by atoms with E-state index < -0.39 is 23.5 Å². The maximum Gasteiger partial charge on any atom is 0.434 e. The molecule has 0 aliphatic heterocycles. The quantitative estimate of drug-likeness (QED) is 0.454. The van der Waals surface area contributed by atoms with Crippen LogP contribution in [-0.4, -0.2) is 30.6 Å². The van der Waals surface area contributed by atoms with E-state index in [1.807, 2.05) is 0 Å². The summed E-state index contributed by atoms with van der Waals surface area (Å²) in [6.45, 7) is 0.329. The summed E-state index contributed by atoms with van der Waals surface area (Å²) in [5.74, 6) is -1.00. The number of aromatic nitrogens is 1. The Balaban J connectivity index is 1.49. The van der Waals surface area contributed by atoms with E-state index in [1.54, 1.807) is 7.05 Å². The molecule has 1 heterocycles. The SMILES string of the molecule is CN=C(NCCc1nc(C(F)(F)F)cs1)NC1CC1c1c(F)cccc1F. The Bertz CT molecular complexity index is 813. The minimum atomic E-state index is -4.44. The minimum absolute atomic E-state index is 0.0629. The highest BCUT2D eigenvalue weighted by Gasteiger charge is 2.42. The van der Waals surface area contributed by atoms with Crippen LogP contribution in [0.25, 0.3) is 0 Å². The van der Waals surface area contributed by atoms with E-state index in [2.05, 4.69) is 20.6 Å². The van der Waals surface area contributed by atoms with E-state index in [1.165, 1.54) is 18.2 Å². The predicted molar refractivity (Wildman–Crippen MR) is 92.8 cm³/mol. The van der Waals surface area contributed by atoms with Gasteiger partial charge in [-0.05, 0) is 18.6 Å². The average molecular weight is 404 g/mol. The van der Waals surface area contributed by atoms with Crippen LogP contribution in [-0.2, 0) is 12.6 Å². The molecule has 2 N–H and O–H groups in total. The van der Waals surface area contributed by atoms with Crippen LogP contribution in [0.15, 0.2) is 28.6 Å². The molecule has 27 heavy (non-hydrogen) atoms. The van der Waals surface area contributed by atoms with Gasteiger partial charge in [0.15, 0.2) is 11.7 Å². The lowest BCUT2D eigenvalue weighted by Crippen LogP contribution is -2.40. The number of halogens is 5. The van der Waals surface area contributed by atoms with Crippen LogP contribution in [0, 0.1) is 11.6 Å². The van der Waals surface area contributed by atoms with Crippen molar-refractivity contribution in [2.75, 3.05) is 13.6 Å². The van der Waals surface area contributed by atoms with Crippen LogP contribution in [0.1, 0.15) is 28.6 Å². The Hall–Kier alpha value is -2.23. The molecule has 0 amide bonds. The van der Waals surface area contributed by atoms with Crippen molar-refractivity contribution in [3.05, 3.63) is 51.5 Å².